The molecule has 5 nitrogen and oxygen atoms in total. The molecule has 2 atom stereocenters. The molecule has 1 fully saturated rings. The highest BCUT2D eigenvalue weighted by atomic mass is 16.5. The number of carbonyl (C=O) groups is 2. The molecular formula is C15H19NO4. The van der Waals surface area contributed by atoms with E-state index in [4.69, 9.17) is 9.47 Å². The zero-order valence-electron chi connectivity index (χ0n) is 11.5. The number of hydrogen-bond acceptors (Lipinski definition) is 4. The van der Waals surface area contributed by atoms with Gasteiger partial charge in [0.2, 0.25) is 5.91 Å². The molecule has 108 valence electrons. The number of morpholine rings is 1. The van der Waals surface area contributed by atoms with E-state index in [1.54, 1.807) is 0 Å². The zero-order valence-corrected chi connectivity index (χ0v) is 11.5. The van der Waals surface area contributed by atoms with Gasteiger partial charge in [-0.3, -0.25) is 9.59 Å². The summed E-state index contributed by atoms with van der Waals surface area (Å²) >= 11 is 0. The molecule has 1 aromatic carbocycles. The summed E-state index contributed by atoms with van der Waals surface area (Å²) < 4.78 is 10.1. The molecule has 1 aromatic rings. The molecule has 0 saturated carbocycles. The van der Waals surface area contributed by atoms with Gasteiger partial charge in [0, 0.05) is 12.5 Å². The van der Waals surface area contributed by atoms with Crippen LogP contribution in [0.4, 0.5) is 0 Å². The van der Waals surface area contributed by atoms with Crippen LogP contribution >= 0.6 is 0 Å². The minimum absolute atomic E-state index is 0.0249. The van der Waals surface area contributed by atoms with E-state index < -0.39 is 0 Å². The van der Waals surface area contributed by atoms with Crippen LogP contribution in [0.25, 0.3) is 0 Å². The maximum absolute atomic E-state index is 12.1. The van der Waals surface area contributed by atoms with Crippen molar-refractivity contribution in [2.45, 2.75) is 19.5 Å². The van der Waals surface area contributed by atoms with Gasteiger partial charge in [-0.05, 0) is 5.56 Å². The third kappa shape index (κ3) is 3.57. The van der Waals surface area contributed by atoms with Crippen LogP contribution in [0.1, 0.15) is 12.5 Å². The fourth-order valence-corrected chi connectivity index (χ4v) is 2.38. The van der Waals surface area contributed by atoms with E-state index >= 15 is 0 Å². The maximum Gasteiger partial charge on any atom is 0.293 e. The van der Waals surface area contributed by atoms with E-state index in [0.717, 1.165) is 5.56 Å². The smallest absolute Gasteiger partial charge is 0.293 e. The molecule has 1 amide bonds. The van der Waals surface area contributed by atoms with Crippen molar-refractivity contribution in [3.63, 3.8) is 0 Å². The Labute approximate surface area is 118 Å². The van der Waals surface area contributed by atoms with Crippen molar-refractivity contribution in [2.24, 2.45) is 5.92 Å². The Morgan fingerprint density at radius 3 is 2.90 bits per heavy atom. The minimum atomic E-state index is -0.0728. The van der Waals surface area contributed by atoms with Crippen LogP contribution in [0.3, 0.4) is 0 Å². The first-order valence-corrected chi connectivity index (χ1v) is 6.68. The summed E-state index contributed by atoms with van der Waals surface area (Å²) in [5.74, 6) is 0.0104. The SMILES string of the molecule is CC(COC=O)C1COCC(=O)N1Cc1ccccc1. The summed E-state index contributed by atoms with van der Waals surface area (Å²) in [6, 6.07) is 9.76. The minimum Gasteiger partial charge on any atom is -0.468 e. The van der Waals surface area contributed by atoms with Crippen LogP contribution < -0.4 is 0 Å². The number of hydrogen-bond donors (Lipinski definition) is 0. The lowest BCUT2D eigenvalue weighted by Crippen LogP contribution is -2.52. The van der Waals surface area contributed by atoms with E-state index in [1.807, 2.05) is 42.2 Å². The Morgan fingerprint density at radius 1 is 1.45 bits per heavy atom. The summed E-state index contributed by atoms with van der Waals surface area (Å²) in [7, 11) is 0. The molecular weight excluding hydrogens is 258 g/mol. The van der Waals surface area contributed by atoms with E-state index in [1.165, 1.54) is 0 Å². The molecule has 2 unspecified atom stereocenters. The molecule has 2 rings (SSSR count). The molecule has 0 bridgehead atoms. The van der Waals surface area contributed by atoms with Crippen molar-refractivity contribution in [1.29, 1.82) is 0 Å². The van der Waals surface area contributed by atoms with Gasteiger partial charge in [-0.25, -0.2) is 0 Å². The van der Waals surface area contributed by atoms with Crippen molar-refractivity contribution in [3.05, 3.63) is 35.9 Å². The molecule has 1 aliphatic rings. The van der Waals surface area contributed by atoms with Gasteiger partial charge in [-0.1, -0.05) is 37.3 Å². The van der Waals surface area contributed by atoms with E-state index in [0.29, 0.717) is 19.6 Å². The lowest BCUT2D eigenvalue weighted by molar-refractivity contribution is -0.153. The van der Waals surface area contributed by atoms with Crippen LogP contribution in [-0.4, -0.2) is 43.1 Å². The quantitative estimate of drug-likeness (QED) is 0.734. The molecule has 0 spiro atoms. The number of ether oxygens (including phenoxy) is 2. The molecule has 0 aromatic heterocycles. The van der Waals surface area contributed by atoms with Gasteiger partial charge in [-0.15, -0.1) is 0 Å². The molecule has 1 saturated heterocycles. The third-order valence-corrected chi connectivity index (χ3v) is 3.51. The lowest BCUT2D eigenvalue weighted by atomic mass is 10.00. The van der Waals surface area contributed by atoms with Gasteiger partial charge in [0.1, 0.15) is 6.61 Å². The second-order valence-electron chi connectivity index (χ2n) is 5.00. The van der Waals surface area contributed by atoms with Crippen molar-refractivity contribution in [3.8, 4) is 0 Å². The van der Waals surface area contributed by atoms with Crippen molar-refractivity contribution in [1.82, 2.24) is 4.90 Å². The molecule has 0 N–H and O–H groups in total. The molecule has 0 radical (unpaired) electrons. The average molecular weight is 277 g/mol. The standard InChI is InChI=1S/C15H19NO4/c1-12(8-20-11-17)14-9-19-10-15(18)16(14)7-13-5-3-2-4-6-13/h2-6,11-12,14H,7-10H2,1H3. The summed E-state index contributed by atoms with van der Waals surface area (Å²) in [5.41, 5.74) is 1.08. The highest BCUT2D eigenvalue weighted by molar-refractivity contribution is 5.78. The van der Waals surface area contributed by atoms with Crippen LogP contribution in [-0.2, 0) is 25.6 Å². The number of carbonyl (C=O) groups excluding carboxylic acids is 2. The second-order valence-corrected chi connectivity index (χ2v) is 5.00. The topological polar surface area (TPSA) is 55.8 Å². The van der Waals surface area contributed by atoms with Gasteiger partial charge in [0.15, 0.2) is 0 Å². The van der Waals surface area contributed by atoms with Gasteiger partial charge in [-0.2, -0.15) is 0 Å². The fourth-order valence-electron chi connectivity index (χ4n) is 2.38. The summed E-state index contributed by atoms with van der Waals surface area (Å²) in [6.07, 6.45) is 0. The number of amides is 1. The van der Waals surface area contributed by atoms with Gasteiger partial charge in [0.25, 0.3) is 6.47 Å². The van der Waals surface area contributed by atoms with Crippen molar-refractivity contribution < 1.29 is 19.1 Å². The number of rotatable bonds is 6. The second kappa shape index (κ2) is 7.05. The van der Waals surface area contributed by atoms with Crippen molar-refractivity contribution in [2.75, 3.05) is 19.8 Å². The van der Waals surface area contributed by atoms with E-state index in [-0.39, 0.29) is 31.1 Å². The molecule has 1 aliphatic heterocycles. The van der Waals surface area contributed by atoms with Crippen LogP contribution in [0.5, 0.6) is 0 Å². The summed E-state index contributed by atoms with van der Waals surface area (Å²) in [5, 5.41) is 0. The molecule has 0 aliphatic carbocycles. The molecule has 1 heterocycles. The number of nitrogens with zero attached hydrogens (tertiary/aromatic N) is 1. The zero-order chi connectivity index (χ0) is 14.4. The predicted molar refractivity (Wildman–Crippen MR) is 72.8 cm³/mol. The summed E-state index contributed by atoms with van der Waals surface area (Å²) in [4.78, 5) is 24.2. The van der Waals surface area contributed by atoms with Crippen LogP contribution in [0.15, 0.2) is 30.3 Å². The Morgan fingerprint density at radius 2 is 2.20 bits per heavy atom. The summed E-state index contributed by atoms with van der Waals surface area (Å²) in [6.45, 7) is 3.82. The van der Waals surface area contributed by atoms with Crippen LogP contribution in [0.2, 0.25) is 0 Å². The first-order chi connectivity index (χ1) is 9.72. The Hall–Kier alpha value is -1.88. The van der Waals surface area contributed by atoms with E-state index in [9.17, 15) is 9.59 Å². The normalized spacial score (nSPS) is 20.6. The predicted octanol–water partition coefficient (Wildman–Crippen LogP) is 1.22. The molecule has 20 heavy (non-hydrogen) atoms. The Balaban J connectivity index is 2.07. The monoisotopic (exact) mass is 277 g/mol. The largest absolute Gasteiger partial charge is 0.468 e. The third-order valence-electron chi connectivity index (χ3n) is 3.51. The van der Waals surface area contributed by atoms with Crippen molar-refractivity contribution >= 4 is 12.4 Å². The highest BCUT2D eigenvalue weighted by Crippen LogP contribution is 2.19. The highest BCUT2D eigenvalue weighted by Gasteiger charge is 2.32. The molecule has 5 heteroatoms. The van der Waals surface area contributed by atoms with Crippen LogP contribution in [0, 0.1) is 5.92 Å². The first kappa shape index (κ1) is 14.5. The average Bonchev–Trinajstić information content (AvgIpc) is 2.48. The van der Waals surface area contributed by atoms with Gasteiger partial charge >= 0.3 is 0 Å². The van der Waals surface area contributed by atoms with Gasteiger partial charge in [0.05, 0.1) is 19.3 Å². The Kier molecular flexibility index (Phi) is 5.12. The maximum atomic E-state index is 12.1. The van der Waals surface area contributed by atoms with Gasteiger partial charge < -0.3 is 14.4 Å². The number of benzene rings is 1. The fraction of sp³-hybridized carbons (Fsp3) is 0.467. The Bertz CT molecular complexity index is 448. The first-order valence-electron chi connectivity index (χ1n) is 6.68. The van der Waals surface area contributed by atoms with E-state index in [2.05, 4.69) is 0 Å². The lowest BCUT2D eigenvalue weighted by Gasteiger charge is -2.38.